The van der Waals surface area contributed by atoms with Crippen molar-refractivity contribution in [2.24, 2.45) is 0 Å². The third kappa shape index (κ3) is 3.86. The number of fused-ring (bicyclic) bond motifs is 1. The van der Waals surface area contributed by atoms with Gasteiger partial charge in [-0.05, 0) is 37.1 Å². The predicted octanol–water partition coefficient (Wildman–Crippen LogP) is 2.80. The molecule has 2 heterocycles. The van der Waals surface area contributed by atoms with Gasteiger partial charge in [0.25, 0.3) is 11.8 Å². The Balaban J connectivity index is 1.45. The van der Waals surface area contributed by atoms with Crippen LogP contribution in [0.25, 0.3) is 10.9 Å². The van der Waals surface area contributed by atoms with Gasteiger partial charge < -0.3 is 19.7 Å². The van der Waals surface area contributed by atoms with Crippen LogP contribution in [-0.2, 0) is 0 Å². The first-order valence-electron chi connectivity index (χ1n) is 11.2. The van der Waals surface area contributed by atoms with Crippen molar-refractivity contribution in [2.75, 3.05) is 38.1 Å². The maximum Gasteiger partial charge on any atom is 0.256 e. The molecular formula is C25H25FN4O3. The summed E-state index contributed by atoms with van der Waals surface area (Å²) >= 11 is 0. The summed E-state index contributed by atoms with van der Waals surface area (Å²) in [5.41, 5.74) is 1.25. The molecule has 1 saturated carbocycles. The first-order valence-corrected chi connectivity index (χ1v) is 11.2. The van der Waals surface area contributed by atoms with E-state index in [1.807, 2.05) is 27.7 Å². The molecule has 2 amide bonds. The van der Waals surface area contributed by atoms with Gasteiger partial charge in [0.05, 0.1) is 11.2 Å². The van der Waals surface area contributed by atoms with Crippen molar-refractivity contribution in [1.29, 1.82) is 0 Å². The number of anilines is 1. The van der Waals surface area contributed by atoms with Crippen molar-refractivity contribution < 1.29 is 14.0 Å². The van der Waals surface area contributed by atoms with Crippen molar-refractivity contribution in [3.05, 3.63) is 75.8 Å². The van der Waals surface area contributed by atoms with Crippen molar-refractivity contribution >= 4 is 28.4 Å². The van der Waals surface area contributed by atoms with Crippen LogP contribution >= 0.6 is 0 Å². The van der Waals surface area contributed by atoms with Gasteiger partial charge in [0.2, 0.25) is 5.43 Å². The van der Waals surface area contributed by atoms with Crippen LogP contribution < -0.4 is 15.6 Å². The molecule has 5 rings (SSSR count). The molecule has 2 aromatic carbocycles. The van der Waals surface area contributed by atoms with E-state index >= 15 is 4.39 Å². The Morgan fingerprint density at radius 2 is 1.73 bits per heavy atom. The predicted molar refractivity (Wildman–Crippen MR) is 124 cm³/mol. The highest BCUT2D eigenvalue weighted by molar-refractivity contribution is 5.98. The van der Waals surface area contributed by atoms with Crippen LogP contribution in [0.2, 0.25) is 0 Å². The summed E-state index contributed by atoms with van der Waals surface area (Å²) in [6, 6.07) is 12.3. The van der Waals surface area contributed by atoms with Gasteiger partial charge in [-0.2, -0.15) is 0 Å². The molecule has 170 valence electrons. The molecule has 1 aliphatic carbocycles. The summed E-state index contributed by atoms with van der Waals surface area (Å²) in [6.45, 7) is 1.95. The van der Waals surface area contributed by atoms with E-state index < -0.39 is 17.2 Å². The lowest BCUT2D eigenvalue weighted by Crippen LogP contribution is -2.49. The molecule has 0 radical (unpaired) electrons. The molecule has 1 N–H and O–H groups in total. The van der Waals surface area contributed by atoms with Crippen LogP contribution in [-0.4, -0.2) is 54.5 Å². The molecule has 0 atom stereocenters. The topological polar surface area (TPSA) is 74.7 Å². The van der Waals surface area contributed by atoms with Crippen LogP contribution in [0.15, 0.2) is 53.5 Å². The van der Waals surface area contributed by atoms with Gasteiger partial charge in [-0.25, -0.2) is 4.39 Å². The van der Waals surface area contributed by atoms with Crippen molar-refractivity contribution in [2.45, 2.75) is 18.9 Å². The quantitative estimate of drug-likeness (QED) is 0.666. The van der Waals surface area contributed by atoms with E-state index in [0.29, 0.717) is 42.9 Å². The maximum absolute atomic E-state index is 15.2. The number of hydrogen-bond acceptors (Lipinski definition) is 4. The maximum atomic E-state index is 15.2. The SMILES string of the molecule is CNC(=O)c1cn(C2CC2)c2cc(N3CCN(C(=O)c4ccccc4)CC3)c(F)cc2c1=O. The highest BCUT2D eigenvalue weighted by atomic mass is 19.1. The number of piperazine rings is 1. The molecular weight excluding hydrogens is 423 g/mol. The summed E-state index contributed by atoms with van der Waals surface area (Å²) in [5.74, 6) is -1.00. The number of rotatable bonds is 4. The fourth-order valence-electron chi connectivity index (χ4n) is 4.47. The van der Waals surface area contributed by atoms with Crippen molar-refractivity contribution in [3.63, 3.8) is 0 Å². The lowest BCUT2D eigenvalue weighted by Gasteiger charge is -2.36. The fourth-order valence-corrected chi connectivity index (χ4v) is 4.47. The number of nitrogens with zero attached hydrogens (tertiary/aromatic N) is 3. The second-order valence-corrected chi connectivity index (χ2v) is 8.56. The molecule has 1 aromatic heterocycles. The minimum absolute atomic E-state index is 0.0251. The van der Waals surface area contributed by atoms with E-state index in [4.69, 9.17) is 0 Å². The van der Waals surface area contributed by atoms with Crippen LogP contribution in [0.5, 0.6) is 0 Å². The first-order chi connectivity index (χ1) is 16.0. The molecule has 7 nitrogen and oxygen atoms in total. The van der Waals surface area contributed by atoms with Gasteiger partial charge in [-0.15, -0.1) is 0 Å². The lowest BCUT2D eigenvalue weighted by atomic mass is 10.1. The Bertz CT molecular complexity index is 1290. The average Bonchev–Trinajstić information content (AvgIpc) is 3.69. The van der Waals surface area contributed by atoms with Crippen LogP contribution in [0.4, 0.5) is 10.1 Å². The van der Waals surface area contributed by atoms with E-state index in [0.717, 1.165) is 12.8 Å². The number of amides is 2. The minimum atomic E-state index is -0.501. The third-order valence-electron chi connectivity index (χ3n) is 6.44. The fraction of sp³-hybridized carbons (Fsp3) is 0.320. The second kappa shape index (κ2) is 8.35. The van der Waals surface area contributed by atoms with Crippen molar-refractivity contribution in [3.8, 4) is 0 Å². The zero-order chi connectivity index (χ0) is 23.1. The van der Waals surface area contributed by atoms with Gasteiger partial charge in [-0.3, -0.25) is 14.4 Å². The molecule has 33 heavy (non-hydrogen) atoms. The number of hydrogen-bond donors (Lipinski definition) is 1. The number of nitrogens with one attached hydrogen (secondary N) is 1. The molecule has 1 saturated heterocycles. The van der Waals surface area contributed by atoms with E-state index in [1.165, 1.54) is 13.1 Å². The Hall–Kier alpha value is -3.68. The number of pyridine rings is 1. The van der Waals surface area contributed by atoms with E-state index in [1.54, 1.807) is 29.3 Å². The van der Waals surface area contributed by atoms with Gasteiger partial charge in [-0.1, -0.05) is 18.2 Å². The van der Waals surface area contributed by atoms with Crippen LogP contribution in [0.3, 0.4) is 0 Å². The molecule has 2 fully saturated rings. The lowest BCUT2D eigenvalue weighted by molar-refractivity contribution is 0.0746. The minimum Gasteiger partial charge on any atom is -0.366 e. The number of carbonyl (C=O) groups excluding carboxylic acids is 2. The van der Waals surface area contributed by atoms with E-state index in [2.05, 4.69) is 5.32 Å². The zero-order valence-corrected chi connectivity index (χ0v) is 18.4. The Morgan fingerprint density at radius 1 is 1.03 bits per heavy atom. The smallest absolute Gasteiger partial charge is 0.256 e. The zero-order valence-electron chi connectivity index (χ0n) is 18.4. The summed E-state index contributed by atoms with van der Waals surface area (Å²) in [5, 5.41) is 2.70. The van der Waals surface area contributed by atoms with Gasteiger partial charge in [0.15, 0.2) is 0 Å². The summed E-state index contributed by atoms with van der Waals surface area (Å²) in [7, 11) is 1.47. The van der Waals surface area contributed by atoms with Gasteiger partial charge in [0.1, 0.15) is 11.4 Å². The average molecular weight is 448 g/mol. The molecule has 0 spiro atoms. The van der Waals surface area contributed by atoms with Crippen LogP contribution in [0, 0.1) is 5.82 Å². The van der Waals surface area contributed by atoms with Gasteiger partial charge in [0, 0.05) is 56.4 Å². The monoisotopic (exact) mass is 448 g/mol. The highest BCUT2D eigenvalue weighted by Gasteiger charge is 2.29. The summed E-state index contributed by atoms with van der Waals surface area (Å²) < 4.78 is 17.1. The third-order valence-corrected chi connectivity index (χ3v) is 6.44. The summed E-state index contributed by atoms with van der Waals surface area (Å²) in [6.07, 6.45) is 3.51. The first kappa shape index (κ1) is 21.2. The van der Waals surface area contributed by atoms with Crippen molar-refractivity contribution in [1.82, 2.24) is 14.8 Å². The van der Waals surface area contributed by atoms with E-state index in [-0.39, 0.29) is 22.9 Å². The Kier molecular flexibility index (Phi) is 5.36. The summed E-state index contributed by atoms with van der Waals surface area (Å²) in [4.78, 5) is 41.5. The molecule has 8 heteroatoms. The standard InChI is InChI=1S/C25H25FN4O3/c1-27-24(32)19-15-30(17-7-8-17)21-14-22(20(26)13-18(21)23(19)31)28-9-11-29(12-10-28)25(33)16-5-3-2-4-6-16/h2-6,13-15,17H,7-12H2,1H3,(H,27,32). The number of aromatic nitrogens is 1. The van der Waals surface area contributed by atoms with E-state index in [9.17, 15) is 14.4 Å². The normalized spacial score (nSPS) is 16.2. The number of benzene rings is 2. The van der Waals surface area contributed by atoms with Gasteiger partial charge >= 0.3 is 0 Å². The molecule has 1 aliphatic heterocycles. The number of halogens is 1. The molecule has 0 unspecified atom stereocenters. The second-order valence-electron chi connectivity index (χ2n) is 8.56. The molecule has 0 bridgehead atoms. The largest absolute Gasteiger partial charge is 0.366 e. The Labute approximate surface area is 190 Å². The highest BCUT2D eigenvalue weighted by Crippen LogP contribution is 2.38. The molecule has 2 aliphatic rings. The Morgan fingerprint density at radius 3 is 2.36 bits per heavy atom. The van der Waals surface area contributed by atoms with Crippen LogP contribution in [0.1, 0.15) is 39.6 Å². The molecule has 3 aromatic rings. The number of carbonyl (C=O) groups is 2.